The van der Waals surface area contributed by atoms with E-state index in [1.807, 2.05) is 6.07 Å². The summed E-state index contributed by atoms with van der Waals surface area (Å²) in [6.45, 7) is 0.188. The highest BCUT2D eigenvalue weighted by molar-refractivity contribution is 6.32. The van der Waals surface area contributed by atoms with E-state index in [9.17, 15) is 4.79 Å². The third-order valence-electron chi connectivity index (χ3n) is 2.34. The van der Waals surface area contributed by atoms with Gasteiger partial charge in [-0.15, -0.1) is 0 Å². The SMILES string of the molecule is O=C(O)CCCc1cc(Cl)c2c(c1)OCO2. The molecule has 1 heterocycles. The first-order valence-corrected chi connectivity index (χ1v) is 5.34. The lowest BCUT2D eigenvalue weighted by Crippen LogP contribution is -1.96. The van der Waals surface area contributed by atoms with Crippen molar-refractivity contribution in [1.82, 2.24) is 0 Å². The van der Waals surface area contributed by atoms with Crippen LogP contribution in [0.4, 0.5) is 0 Å². The number of carboxylic acid groups (broad SMARTS) is 1. The van der Waals surface area contributed by atoms with Gasteiger partial charge in [0.1, 0.15) is 0 Å². The van der Waals surface area contributed by atoms with Crippen molar-refractivity contribution in [2.75, 3.05) is 6.79 Å². The van der Waals surface area contributed by atoms with Crippen molar-refractivity contribution in [2.45, 2.75) is 19.3 Å². The topological polar surface area (TPSA) is 55.8 Å². The van der Waals surface area contributed by atoms with Crippen LogP contribution in [0.2, 0.25) is 5.02 Å². The quantitative estimate of drug-likeness (QED) is 0.881. The Morgan fingerprint density at radius 1 is 1.44 bits per heavy atom. The molecule has 0 atom stereocenters. The lowest BCUT2D eigenvalue weighted by Gasteiger charge is -2.04. The van der Waals surface area contributed by atoms with Crippen LogP contribution in [0.5, 0.6) is 11.5 Å². The molecule has 0 saturated carbocycles. The lowest BCUT2D eigenvalue weighted by atomic mass is 10.1. The van der Waals surface area contributed by atoms with Gasteiger partial charge in [-0.1, -0.05) is 11.6 Å². The summed E-state index contributed by atoms with van der Waals surface area (Å²) in [4.78, 5) is 10.4. The van der Waals surface area contributed by atoms with Crippen LogP contribution in [0.1, 0.15) is 18.4 Å². The van der Waals surface area contributed by atoms with Gasteiger partial charge < -0.3 is 14.6 Å². The second kappa shape index (κ2) is 4.61. The molecule has 1 N–H and O–H groups in total. The molecule has 0 aromatic heterocycles. The molecule has 5 heteroatoms. The molecule has 1 aromatic rings. The standard InChI is InChI=1S/C11H11ClO4/c12-8-4-7(2-1-3-10(13)14)5-9-11(8)16-6-15-9/h4-5H,1-3,6H2,(H,13,14). The van der Waals surface area contributed by atoms with Crippen molar-refractivity contribution in [3.63, 3.8) is 0 Å². The number of ether oxygens (including phenoxy) is 2. The fourth-order valence-corrected chi connectivity index (χ4v) is 1.90. The zero-order valence-electron chi connectivity index (χ0n) is 8.53. The van der Waals surface area contributed by atoms with Gasteiger partial charge in [-0.3, -0.25) is 4.79 Å². The molecular weight excluding hydrogens is 232 g/mol. The molecule has 1 aliphatic heterocycles. The van der Waals surface area contributed by atoms with Crippen LogP contribution in [0, 0.1) is 0 Å². The van der Waals surface area contributed by atoms with Crippen molar-refractivity contribution >= 4 is 17.6 Å². The van der Waals surface area contributed by atoms with Gasteiger partial charge in [0.2, 0.25) is 6.79 Å². The van der Waals surface area contributed by atoms with Gasteiger partial charge in [-0.2, -0.15) is 0 Å². The molecule has 1 aliphatic rings. The molecule has 0 unspecified atom stereocenters. The van der Waals surface area contributed by atoms with Gasteiger partial charge in [-0.05, 0) is 30.5 Å². The van der Waals surface area contributed by atoms with E-state index in [4.69, 9.17) is 26.2 Å². The monoisotopic (exact) mass is 242 g/mol. The molecule has 0 amide bonds. The summed E-state index contributed by atoms with van der Waals surface area (Å²) in [5.41, 5.74) is 0.968. The smallest absolute Gasteiger partial charge is 0.303 e. The zero-order valence-corrected chi connectivity index (χ0v) is 9.29. The van der Waals surface area contributed by atoms with Crippen molar-refractivity contribution in [3.8, 4) is 11.5 Å². The van der Waals surface area contributed by atoms with Crippen LogP contribution in [0.25, 0.3) is 0 Å². The Labute approximate surface area is 97.7 Å². The largest absolute Gasteiger partial charge is 0.481 e. The van der Waals surface area contributed by atoms with E-state index in [0.29, 0.717) is 29.4 Å². The van der Waals surface area contributed by atoms with Crippen LogP contribution in [0.15, 0.2) is 12.1 Å². The first kappa shape index (κ1) is 11.1. The lowest BCUT2D eigenvalue weighted by molar-refractivity contribution is -0.137. The van der Waals surface area contributed by atoms with E-state index in [1.165, 1.54) is 0 Å². The Hall–Kier alpha value is -1.42. The van der Waals surface area contributed by atoms with Crippen molar-refractivity contribution in [2.24, 2.45) is 0 Å². The summed E-state index contributed by atoms with van der Waals surface area (Å²) in [5.74, 6) is 0.424. The minimum atomic E-state index is -0.785. The third kappa shape index (κ3) is 2.39. The van der Waals surface area contributed by atoms with Crippen molar-refractivity contribution in [1.29, 1.82) is 0 Å². The van der Waals surface area contributed by atoms with Crippen LogP contribution in [-0.4, -0.2) is 17.9 Å². The molecule has 0 saturated heterocycles. The minimum absolute atomic E-state index is 0.159. The number of carbonyl (C=O) groups is 1. The molecule has 86 valence electrons. The van der Waals surface area contributed by atoms with E-state index in [1.54, 1.807) is 6.07 Å². The Bertz CT molecular complexity index is 417. The zero-order chi connectivity index (χ0) is 11.5. The van der Waals surface area contributed by atoms with Crippen molar-refractivity contribution < 1.29 is 19.4 Å². The molecule has 16 heavy (non-hydrogen) atoms. The number of carboxylic acids is 1. The Kier molecular flexibility index (Phi) is 3.19. The summed E-state index contributed by atoms with van der Waals surface area (Å²) in [7, 11) is 0. The van der Waals surface area contributed by atoms with Gasteiger partial charge in [-0.25, -0.2) is 0 Å². The van der Waals surface area contributed by atoms with E-state index >= 15 is 0 Å². The van der Waals surface area contributed by atoms with Crippen LogP contribution < -0.4 is 9.47 Å². The predicted octanol–water partition coefficient (Wildman–Crippen LogP) is 2.48. The molecule has 4 nitrogen and oxygen atoms in total. The Morgan fingerprint density at radius 2 is 2.25 bits per heavy atom. The number of rotatable bonds is 4. The second-order valence-electron chi connectivity index (χ2n) is 3.56. The maximum Gasteiger partial charge on any atom is 0.303 e. The summed E-state index contributed by atoms with van der Waals surface area (Å²) in [6.07, 6.45) is 1.42. The van der Waals surface area contributed by atoms with Gasteiger partial charge in [0.25, 0.3) is 0 Å². The van der Waals surface area contributed by atoms with E-state index in [0.717, 1.165) is 5.56 Å². The highest BCUT2D eigenvalue weighted by Crippen LogP contribution is 2.39. The normalized spacial score (nSPS) is 12.8. The van der Waals surface area contributed by atoms with Crippen LogP contribution in [0.3, 0.4) is 0 Å². The maximum atomic E-state index is 10.4. The maximum absolute atomic E-state index is 10.4. The number of aliphatic carboxylic acids is 1. The predicted molar refractivity (Wildman–Crippen MR) is 58.1 cm³/mol. The molecule has 0 aliphatic carbocycles. The molecular formula is C11H11ClO4. The van der Waals surface area contributed by atoms with Crippen LogP contribution in [-0.2, 0) is 11.2 Å². The summed E-state index contributed by atoms with van der Waals surface area (Å²) in [6, 6.07) is 3.63. The molecule has 0 fully saturated rings. The summed E-state index contributed by atoms with van der Waals surface area (Å²) >= 11 is 5.99. The van der Waals surface area contributed by atoms with Gasteiger partial charge in [0.15, 0.2) is 11.5 Å². The van der Waals surface area contributed by atoms with E-state index < -0.39 is 5.97 Å². The first-order valence-electron chi connectivity index (χ1n) is 4.96. The fraction of sp³-hybridized carbons (Fsp3) is 0.364. The summed E-state index contributed by atoms with van der Waals surface area (Å²) in [5, 5.41) is 9.04. The van der Waals surface area contributed by atoms with Gasteiger partial charge in [0.05, 0.1) is 5.02 Å². The highest BCUT2D eigenvalue weighted by Gasteiger charge is 2.18. The molecule has 0 spiro atoms. The van der Waals surface area contributed by atoms with Crippen molar-refractivity contribution in [3.05, 3.63) is 22.7 Å². The Balaban J connectivity index is 2.05. The molecule has 0 bridgehead atoms. The van der Waals surface area contributed by atoms with E-state index in [2.05, 4.69) is 0 Å². The Morgan fingerprint density at radius 3 is 3.00 bits per heavy atom. The van der Waals surface area contributed by atoms with Gasteiger partial charge in [0, 0.05) is 6.42 Å². The number of fused-ring (bicyclic) bond motifs is 1. The number of aryl methyl sites for hydroxylation is 1. The molecule has 2 rings (SSSR count). The number of benzene rings is 1. The number of hydrogen-bond donors (Lipinski definition) is 1. The molecule has 1 aromatic carbocycles. The average molecular weight is 243 g/mol. The number of hydrogen-bond acceptors (Lipinski definition) is 3. The fourth-order valence-electron chi connectivity index (χ4n) is 1.61. The first-order chi connectivity index (χ1) is 7.66. The van der Waals surface area contributed by atoms with Gasteiger partial charge >= 0.3 is 5.97 Å². The summed E-state index contributed by atoms with van der Waals surface area (Å²) < 4.78 is 10.4. The highest BCUT2D eigenvalue weighted by atomic mass is 35.5. The van der Waals surface area contributed by atoms with E-state index in [-0.39, 0.29) is 13.2 Å². The minimum Gasteiger partial charge on any atom is -0.481 e. The third-order valence-corrected chi connectivity index (χ3v) is 2.62. The van der Waals surface area contributed by atoms with Crippen LogP contribution >= 0.6 is 11.6 Å². The number of halogens is 1. The second-order valence-corrected chi connectivity index (χ2v) is 3.97. The average Bonchev–Trinajstić information content (AvgIpc) is 2.65. The molecule has 0 radical (unpaired) electrons.